The molecule has 0 unspecified atom stereocenters. The van der Waals surface area contributed by atoms with E-state index in [1.165, 1.54) is 25.7 Å². The van der Waals surface area contributed by atoms with E-state index in [2.05, 4.69) is 15.6 Å². The van der Waals surface area contributed by atoms with Crippen molar-refractivity contribution in [1.29, 1.82) is 0 Å². The van der Waals surface area contributed by atoms with Gasteiger partial charge in [0.1, 0.15) is 5.69 Å². The third-order valence-corrected chi connectivity index (χ3v) is 4.61. The molecule has 2 N–H and O–H groups in total. The van der Waals surface area contributed by atoms with Crippen LogP contribution in [0.2, 0.25) is 0 Å². The number of hydrogen-bond donors (Lipinski definition) is 2. The third-order valence-electron chi connectivity index (χ3n) is 4.61. The standard InChI is InChI=1S/C19H21N3O3/c23-19(21-11-13-5-6-17-18(9-13)25-12-24-17)16-10-15(7-8-20-16)22-14-3-1-2-4-14/h5-10,14H,1-4,11-12H2,(H,20,22)(H,21,23). The van der Waals surface area contributed by atoms with Crippen molar-refractivity contribution in [3.63, 3.8) is 0 Å². The van der Waals surface area contributed by atoms with Crippen LogP contribution in [0.15, 0.2) is 36.5 Å². The maximum Gasteiger partial charge on any atom is 0.270 e. The molecule has 1 fully saturated rings. The smallest absolute Gasteiger partial charge is 0.270 e. The van der Waals surface area contributed by atoms with Gasteiger partial charge in [0.15, 0.2) is 11.5 Å². The van der Waals surface area contributed by atoms with E-state index in [1.807, 2.05) is 30.3 Å². The van der Waals surface area contributed by atoms with Crippen molar-refractivity contribution in [3.8, 4) is 11.5 Å². The predicted octanol–water partition coefficient (Wildman–Crippen LogP) is 3.09. The predicted molar refractivity (Wildman–Crippen MR) is 93.9 cm³/mol. The van der Waals surface area contributed by atoms with Gasteiger partial charge in [0, 0.05) is 24.5 Å². The zero-order chi connectivity index (χ0) is 17.1. The maximum atomic E-state index is 12.4. The normalized spacial score (nSPS) is 16.0. The summed E-state index contributed by atoms with van der Waals surface area (Å²) in [6.07, 6.45) is 6.59. The number of benzene rings is 1. The first-order valence-electron chi connectivity index (χ1n) is 8.67. The van der Waals surface area contributed by atoms with Crippen molar-refractivity contribution in [2.45, 2.75) is 38.3 Å². The van der Waals surface area contributed by atoms with Crippen molar-refractivity contribution >= 4 is 11.6 Å². The van der Waals surface area contributed by atoms with E-state index in [4.69, 9.17) is 9.47 Å². The number of pyridine rings is 1. The molecule has 1 aliphatic carbocycles. The molecule has 6 heteroatoms. The van der Waals surface area contributed by atoms with E-state index in [9.17, 15) is 4.79 Å². The first-order chi connectivity index (χ1) is 12.3. The molecule has 0 atom stereocenters. The summed E-state index contributed by atoms with van der Waals surface area (Å²) in [6.45, 7) is 0.660. The Morgan fingerprint density at radius 1 is 1.12 bits per heavy atom. The Morgan fingerprint density at radius 3 is 2.84 bits per heavy atom. The molecule has 25 heavy (non-hydrogen) atoms. The molecule has 130 valence electrons. The molecule has 1 aliphatic heterocycles. The van der Waals surface area contributed by atoms with E-state index in [1.54, 1.807) is 6.20 Å². The highest BCUT2D eigenvalue weighted by atomic mass is 16.7. The molecule has 0 bridgehead atoms. The lowest BCUT2D eigenvalue weighted by Crippen LogP contribution is -2.24. The fourth-order valence-corrected chi connectivity index (χ4v) is 3.27. The van der Waals surface area contributed by atoms with Crippen molar-refractivity contribution in [1.82, 2.24) is 10.3 Å². The van der Waals surface area contributed by atoms with Crippen LogP contribution in [0.25, 0.3) is 0 Å². The SMILES string of the molecule is O=C(NCc1ccc2c(c1)OCO2)c1cc(NC2CCCC2)ccn1. The van der Waals surface area contributed by atoms with Gasteiger partial charge in [0.05, 0.1) is 0 Å². The Balaban J connectivity index is 1.37. The summed E-state index contributed by atoms with van der Waals surface area (Å²) >= 11 is 0. The molecule has 6 nitrogen and oxygen atoms in total. The van der Waals surface area contributed by atoms with Gasteiger partial charge < -0.3 is 20.1 Å². The summed E-state index contributed by atoms with van der Waals surface area (Å²) in [7, 11) is 0. The quantitative estimate of drug-likeness (QED) is 0.876. The number of hydrogen-bond acceptors (Lipinski definition) is 5. The van der Waals surface area contributed by atoms with Gasteiger partial charge in [-0.3, -0.25) is 9.78 Å². The first kappa shape index (κ1) is 15.7. The molecule has 4 rings (SSSR count). The molecule has 2 aliphatic rings. The maximum absolute atomic E-state index is 12.4. The van der Waals surface area contributed by atoms with Gasteiger partial charge in [-0.1, -0.05) is 18.9 Å². The van der Waals surface area contributed by atoms with Crippen LogP contribution >= 0.6 is 0 Å². The Morgan fingerprint density at radius 2 is 1.96 bits per heavy atom. The second kappa shape index (κ2) is 7.01. The minimum Gasteiger partial charge on any atom is -0.454 e. The second-order valence-corrected chi connectivity index (χ2v) is 6.43. The second-order valence-electron chi connectivity index (χ2n) is 6.43. The molecule has 2 heterocycles. The van der Waals surface area contributed by atoms with Gasteiger partial charge in [-0.25, -0.2) is 0 Å². The summed E-state index contributed by atoms with van der Waals surface area (Å²) in [5, 5.41) is 6.39. The number of nitrogens with zero attached hydrogens (tertiary/aromatic N) is 1. The van der Waals surface area contributed by atoms with Crippen molar-refractivity contribution in [2.75, 3.05) is 12.1 Å². The molecule has 2 aromatic rings. The number of carbonyl (C=O) groups excluding carboxylic acids is 1. The fourth-order valence-electron chi connectivity index (χ4n) is 3.27. The molecular formula is C19H21N3O3. The highest BCUT2D eigenvalue weighted by Crippen LogP contribution is 2.32. The summed E-state index contributed by atoms with van der Waals surface area (Å²) in [4.78, 5) is 16.6. The van der Waals surface area contributed by atoms with Gasteiger partial charge in [-0.15, -0.1) is 0 Å². The van der Waals surface area contributed by atoms with Gasteiger partial charge in [-0.05, 0) is 42.7 Å². The molecule has 1 saturated carbocycles. The van der Waals surface area contributed by atoms with Crippen LogP contribution in [0.3, 0.4) is 0 Å². The Labute approximate surface area is 146 Å². The van der Waals surface area contributed by atoms with Crippen LogP contribution in [0.5, 0.6) is 11.5 Å². The fraction of sp³-hybridized carbons (Fsp3) is 0.368. The number of aromatic nitrogens is 1. The topological polar surface area (TPSA) is 72.5 Å². The van der Waals surface area contributed by atoms with Crippen LogP contribution in [0, 0.1) is 0 Å². The molecule has 0 spiro atoms. The highest BCUT2D eigenvalue weighted by molar-refractivity contribution is 5.93. The number of amides is 1. The van der Waals surface area contributed by atoms with Crippen LogP contribution in [-0.2, 0) is 6.54 Å². The van der Waals surface area contributed by atoms with Crippen LogP contribution in [0.4, 0.5) is 5.69 Å². The van der Waals surface area contributed by atoms with Crippen molar-refractivity contribution in [3.05, 3.63) is 47.8 Å². The number of fused-ring (bicyclic) bond motifs is 1. The first-order valence-corrected chi connectivity index (χ1v) is 8.67. The third kappa shape index (κ3) is 3.68. The summed E-state index contributed by atoms with van der Waals surface area (Å²) in [5.74, 6) is 1.27. The van der Waals surface area contributed by atoms with E-state index >= 15 is 0 Å². The summed E-state index contributed by atoms with van der Waals surface area (Å²) in [5.41, 5.74) is 2.33. The minimum atomic E-state index is -0.187. The molecule has 1 amide bonds. The van der Waals surface area contributed by atoms with Crippen molar-refractivity contribution < 1.29 is 14.3 Å². The monoisotopic (exact) mass is 339 g/mol. The lowest BCUT2D eigenvalue weighted by atomic mass is 10.2. The van der Waals surface area contributed by atoms with Gasteiger partial charge in [0.25, 0.3) is 5.91 Å². The Hall–Kier alpha value is -2.76. The Bertz CT molecular complexity index is 772. The van der Waals surface area contributed by atoms with Crippen LogP contribution < -0.4 is 20.1 Å². The average Bonchev–Trinajstić information content (AvgIpc) is 3.31. The van der Waals surface area contributed by atoms with Crippen LogP contribution in [-0.4, -0.2) is 23.7 Å². The summed E-state index contributed by atoms with van der Waals surface area (Å²) in [6, 6.07) is 9.88. The zero-order valence-corrected chi connectivity index (χ0v) is 14.0. The minimum absolute atomic E-state index is 0.187. The molecule has 0 saturated heterocycles. The zero-order valence-electron chi connectivity index (χ0n) is 14.0. The van der Waals surface area contributed by atoms with E-state index < -0.39 is 0 Å². The van der Waals surface area contributed by atoms with Crippen molar-refractivity contribution in [2.24, 2.45) is 0 Å². The Kier molecular flexibility index (Phi) is 4.41. The lowest BCUT2D eigenvalue weighted by Gasteiger charge is -2.14. The highest BCUT2D eigenvalue weighted by Gasteiger charge is 2.16. The van der Waals surface area contributed by atoms with Gasteiger partial charge in [-0.2, -0.15) is 0 Å². The molecule has 1 aromatic heterocycles. The van der Waals surface area contributed by atoms with Gasteiger partial charge >= 0.3 is 0 Å². The average molecular weight is 339 g/mol. The largest absolute Gasteiger partial charge is 0.454 e. The number of nitrogens with one attached hydrogen (secondary N) is 2. The molecule has 0 radical (unpaired) electrons. The molecule has 1 aromatic carbocycles. The molecular weight excluding hydrogens is 318 g/mol. The summed E-state index contributed by atoms with van der Waals surface area (Å²) < 4.78 is 10.6. The number of rotatable bonds is 5. The van der Waals surface area contributed by atoms with E-state index in [0.29, 0.717) is 24.0 Å². The van der Waals surface area contributed by atoms with E-state index in [-0.39, 0.29) is 12.7 Å². The number of anilines is 1. The lowest BCUT2D eigenvalue weighted by molar-refractivity contribution is 0.0946. The van der Waals surface area contributed by atoms with Gasteiger partial charge in [0.2, 0.25) is 6.79 Å². The number of carbonyl (C=O) groups is 1. The number of ether oxygens (including phenoxy) is 2. The van der Waals surface area contributed by atoms with Crippen LogP contribution in [0.1, 0.15) is 41.7 Å². The van der Waals surface area contributed by atoms with E-state index in [0.717, 1.165) is 17.0 Å².